The van der Waals surface area contributed by atoms with Crippen molar-refractivity contribution < 1.29 is 4.79 Å². The van der Waals surface area contributed by atoms with E-state index in [0.717, 1.165) is 6.42 Å². The third-order valence-electron chi connectivity index (χ3n) is 3.30. The van der Waals surface area contributed by atoms with Crippen LogP contribution in [0.4, 0.5) is 0 Å². The Kier molecular flexibility index (Phi) is 1.41. The van der Waals surface area contributed by atoms with Crippen LogP contribution in [0, 0.1) is 11.3 Å². The average molecular weight is 150 g/mol. The highest BCUT2D eigenvalue weighted by Gasteiger charge is 2.39. The maximum absolute atomic E-state index is 11.1. The Morgan fingerprint density at radius 1 is 1.64 bits per heavy atom. The monoisotopic (exact) mass is 150 g/mol. The molecule has 2 atom stereocenters. The molecule has 0 aliphatic heterocycles. The van der Waals surface area contributed by atoms with Crippen LogP contribution in [-0.2, 0) is 4.79 Å². The maximum Gasteiger partial charge on any atom is 0.155 e. The third kappa shape index (κ3) is 1.03. The number of hydrogen-bond donors (Lipinski definition) is 0. The van der Waals surface area contributed by atoms with Crippen molar-refractivity contribution in [3.8, 4) is 0 Å². The predicted molar refractivity (Wildman–Crippen MR) is 44.2 cm³/mol. The molecular formula is C10H14O. The first-order valence-electron chi connectivity index (χ1n) is 4.43. The fraction of sp³-hybridized carbons (Fsp3) is 0.700. The van der Waals surface area contributed by atoms with E-state index in [1.165, 1.54) is 19.3 Å². The molecule has 0 N–H and O–H groups in total. The highest BCUT2D eigenvalue weighted by atomic mass is 16.1. The molecule has 2 aliphatic carbocycles. The van der Waals surface area contributed by atoms with Gasteiger partial charge in [-0.3, -0.25) is 4.79 Å². The number of carbonyl (C=O) groups excluding carboxylic acids is 1. The first-order valence-corrected chi connectivity index (χ1v) is 4.43. The summed E-state index contributed by atoms with van der Waals surface area (Å²) >= 11 is 0. The van der Waals surface area contributed by atoms with Crippen LogP contribution in [0.1, 0.15) is 32.6 Å². The summed E-state index contributed by atoms with van der Waals surface area (Å²) in [4.78, 5) is 11.1. The molecule has 0 saturated heterocycles. The minimum absolute atomic E-state index is 0.328. The Bertz CT molecular complexity index is 217. The fourth-order valence-electron chi connectivity index (χ4n) is 2.41. The van der Waals surface area contributed by atoms with Crippen molar-refractivity contribution in [2.45, 2.75) is 32.6 Å². The van der Waals surface area contributed by atoms with Crippen LogP contribution in [0.2, 0.25) is 0 Å². The number of ketones is 1. The topological polar surface area (TPSA) is 17.1 Å². The third-order valence-corrected chi connectivity index (χ3v) is 3.30. The summed E-state index contributed by atoms with van der Waals surface area (Å²) in [6.45, 7) is 2.29. The molecule has 1 heteroatoms. The molecule has 0 spiro atoms. The normalized spacial score (nSPS) is 42.6. The van der Waals surface area contributed by atoms with Gasteiger partial charge in [0.15, 0.2) is 5.78 Å². The van der Waals surface area contributed by atoms with Crippen LogP contribution in [0.25, 0.3) is 0 Å². The molecule has 2 rings (SSSR count). The van der Waals surface area contributed by atoms with Gasteiger partial charge in [0.25, 0.3) is 0 Å². The van der Waals surface area contributed by atoms with Crippen molar-refractivity contribution >= 4 is 5.78 Å². The van der Waals surface area contributed by atoms with Crippen LogP contribution < -0.4 is 0 Å². The minimum atomic E-state index is 0.328. The lowest BCUT2D eigenvalue weighted by atomic mass is 9.74. The Morgan fingerprint density at radius 3 is 3.27 bits per heavy atom. The van der Waals surface area contributed by atoms with Gasteiger partial charge in [-0.1, -0.05) is 19.4 Å². The molecule has 1 nitrogen and oxygen atoms in total. The summed E-state index contributed by atoms with van der Waals surface area (Å²) in [6.07, 6.45) is 8.55. The Hall–Kier alpha value is -0.590. The zero-order valence-electron chi connectivity index (χ0n) is 6.97. The van der Waals surface area contributed by atoms with E-state index in [-0.39, 0.29) is 0 Å². The predicted octanol–water partition coefficient (Wildman–Crippen LogP) is 2.32. The van der Waals surface area contributed by atoms with Crippen LogP contribution in [0.15, 0.2) is 12.2 Å². The van der Waals surface area contributed by atoms with Gasteiger partial charge in [0, 0.05) is 6.42 Å². The van der Waals surface area contributed by atoms with E-state index in [0.29, 0.717) is 17.1 Å². The van der Waals surface area contributed by atoms with Gasteiger partial charge in [-0.15, -0.1) is 0 Å². The second-order valence-corrected chi connectivity index (χ2v) is 4.10. The smallest absolute Gasteiger partial charge is 0.155 e. The molecule has 0 aromatic carbocycles. The Morgan fingerprint density at radius 2 is 2.45 bits per heavy atom. The number of carbonyl (C=O) groups is 1. The lowest BCUT2D eigenvalue weighted by Gasteiger charge is -2.30. The molecule has 0 aromatic rings. The van der Waals surface area contributed by atoms with E-state index in [9.17, 15) is 4.79 Å². The van der Waals surface area contributed by atoms with E-state index in [2.05, 4.69) is 13.0 Å². The summed E-state index contributed by atoms with van der Waals surface area (Å²) in [5.74, 6) is 0.981. The molecule has 2 aliphatic rings. The van der Waals surface area contributed by atoms with Crippen LogP contribution >= 0.6 is 0 Å². The van der Waals surface area contributed by atoms with E-state index in [4.69, 9.17) is 0 Å². The zero-order valence-corrected chi connectivity index (χ0v) is 6.97. The van der Waals surface area contributed by atoms with Crippen LogP contribution in [-0.4, -0.2) is 5.78 Å². The van der Waals surface area contributed by atoms with Gasteiger partial charge < -0.3 is 0 Å². The molecule has 0 radical (unpaired) electrons. The summed E-state index contributed by atoms with van der Waals surface area (Å²) in [5, 5.41) is 0. The quantitative estimate of drug-likeness (QED) is 0.518. The molecule has 0 heterocycles. The molecule has 60 valence electrons. The van der Waals surface area contributed by atoms with Crippen LogP contribution in [0.3, 0.4) is 0 Å². The second-order valence-electron chi connectivity index (χ2n) is 4.10. The number of hydrogen-bond acceptors (Lipinski definition) is 1. The zero-order chi connectivity index (χ0) is 7.90. The van der Waals surface area contributed by atoms with Crippen molar-refractivity contribution in [1.29, 1.82) is 0 Å². The molecule has 0 amide bonds. The number of rotatable bonds is 0. The fourth-order valence-corrected chi connectivity index (χ4v) is 2.41. The van der Waals surface area contributed by atoms with Crippen molar-refractivity contribution in [2.24, 2.45) is 11.3 Å². The van der Waals surface area contributed by atoms with E-state index in [1.54, 1.807) is 6.08 Å². The van der Waals surface area contributed by atoms with Crippen molar-refractivity contribution in [3.63, 3.8) is 0 Å². The Balaban J connectivity index is 2.28. The van der Waals surface area contributed by atoms with Crippen molar-refractivity contribution in [3.05, 3.63) is 12.2 Å². The summed E-state index contributed by atoms with van der Waals surface area (Å²) in [5.41, 5.74) is 0.369. The van der Waals surface area contributed by atoms with Crippen molar-refractivity contribution in [1.82, 2.24) is 0 Å². The first kappa shape index (κ1) is 7.08. The average Bonchev–Trinajstić information content (AvgIpc) is 2.31. The highest BCUT2D eigenvalue weighted by molar-refractivity contribution is 5.91. The van der Waals surface area contributed by atoms with E-state index in [1.807, 2.05) is 0 Å². The Labute approximate surface area is 67.5 Å². The SMILES string of the molecule is C[C@@]12C=CC(=O)C[C@H]1CCC2. The molecule has 1 saturated carbocycles. The molecule has 0 bridgehead atoms. The summed E-state index contributed by atoms with van der Waals surface area (Å²) < 4.78 is 0. The maximum atomic E-state index is 11.1. The second kappa shape index (κ2) is 2.20. The van der Waals surface area contributed by atoms with Gasteiger partial charge in [-0.25, -0.2) is 0 Å². The standard InChI is InChI=1S/C10H14O/c1-10-5-2-3-8(10)7-9(11)4-6-10/h4,6,8H,2-3,5,7H2,1H3/t8-,10-/m1/s1. The molecule has 11 heavy (non-hydrogen) atoms. The van der Waals surface area contributed by atoms with Gasteiger partial charge >= 0.3 is 0 Å². The van der Waals surface area contributed by atoms with Gasteiger partial charge in [0.05, 0.1) is 0 Å². The van der Waals surface area contributed by atoms with E-state index < -0.39 is 0 Å². The number of fused-ring (bicyclic) bond motifs is 1. The largest absolute Gasteiger partial charge is 0.295 e. The first-order chi connectivity index (χ1) is 5.21. The van der Waals surface area contributed by atoms with Gasteiger partial charge in [-0.2, -0.15) is 0 Å². The van der Waals surface area contributed by atoms with Gasteiger partial charge in [0.2, 0.25) is 0 Å². The highest BCUT2D eigenvalue weighted by Crippen LogP contribution is 2.47. The minimum Gasteiger partial charge on any atom is -0.295 e. The van der Waals surface area contributed by atoms with Crippen molar-refractivity contribution in [2.75, 3.05) is 0 Å². The molecule has 0 aromatic heterocycles. The number of allylic oxidation sites excluding steroid dienone is 2. The summed E-state index contributed by atoms with van der Waals surface area (Å²) in [7, 11) is 0. The van der Waals surface area contributed by atoms with Crippen LogP contribution in [0.5, 0.6) is 0 Å². The molecule has 0 unspecified atom stereocenters. The lowest BCUT2D eigenvalue weighted by molar-refractivity contribution is -0.116. The molecular weight excluding hydrogens is 136 g/mol. The molecule has 1 fully saturated rings. The van der Waals surface area contributed by atoms with Gasteiger partial charge in [0.1, 0.15) is 0 Å². The lowest BCUT2D eigenvalue weighted by Crippen LogP contribution is -2.25. The summed E-state index contributed by atoms with van der Waals surface area (Å²) in [6, 6.07) is 0. The van der Waals surface area contributed by atoms with Gasteiger partial charge in [-0.05, 0) is 30.3 Å². The van der Waals surface area contributed by atoms with E-state index >= 15 is 0 Å².